The van der Waals surface area contributed by atoms with Crippen LogP contribution in [-0.4, -0.2) is 78.2 Å². The lowest BCUT2D eigenvalue weighted by atomic mass is 10.0. The molecule has 12 heteroatoms. The van der Waals surface area contributed by atoms with E-state index in [-0.39, 0.29) is 12.9 Å². The number of hydrogen-bond acceptors (Lipinski definition) is 11. The number of hydrogen-bond donors (Lipinski definition) is 0. The first kappa shape index (κ1) is 31.9. The third-order valence-corrected chi connectivity index (χ3v) is 9.26. The summed E-state index contributed by atoms with van der Waals surface area (Å²) < 4.78 is 22.6. The van der Waals surface area contributed by atoms with Crippen LogP contribution in [0.25, 0.3) is 31.4 Å². The van der Waals surface area contributed by atoms with E-state index in [1.54, 1.807) is 40.9 Å². The molecule has 5 rings (SSSR count). The number of rotatable bonds is 10. The van der Waals surface area contributed by atoms with Gasteiger partial charge in [-0.25, -0.2) is 19.7 Å². The minimum absolute atomic E-state index is 0.120. The van der Waals surface area contributed by atoms with Crippen LogP contribution < -0.4 is 14.4 Å². The maximum atomic E-state index is 12.5. The monoisotopic (exact) mass is 639 g/mol. The maximum absolute atomic E-state index is 12.5. The molecule has 0 bridgehead atoms. The minimum Gasteiger partial charge on any atom is -0.477 e. The molecule has 1 aliphatic heterocycles. The van der Waals surface area contributed by atoms with Gasteiger partial charge < -0.3 is 28.7 Å². The van der Waals surface area contributed by atoms with Crippen LogP contribution in [0.5, 0.6) is 11.6 Å². The molecule has 4 aromatic rings. The summed E-state index contributed by atoms with van der Waals surface area (Å²) in [6.45, 7) is 12.0. The topological polar surface area (TPSA) is 99.1 Å². The molecule has 1 saturated heterocycles. The molecule has 0 N–H and O–H groups in total. The number of anilines is 1. The van der Waals surface area contributed by atoms with Crippen molar-refractivity contribution in [1.29, 1.82) is 0 Å². The highest BCUT2D eigenvalue weighted by Crippen LogP contribution is 2.41. The van der Waals surface area contributed by atoms with Crippen LogP contribution in [0.4, 0.5) is 9.93 Å². The number of pyridine rings is 1. The van der Waals surface area contributed by atoms with Crippen molar-refractivity contribution >= 4 is 43.6 Å². The SMILES string of the molecule is COCOc1cc(-c2ccnc(OCC(C)C)c2)ccc1-c1nc2sc(N(C)C3CCN(C(=O)OC(C)(C)C)CC3)nc2s1. The van der Waals surface area contributed by atoms with Gasteiger partial charge in [0, 0.05) is 45.6 Å². The van der Waals surface area contributed by atoms with Crippen molar-refractivity contribution < 1.29 is 23.7 Å². The fraction of sp³-hybridized carbons (Fsp3) is 0.500. The van der Waals surface area contributed by atoms with Crippen LogP contribution >= 0.6 is 22.7 Å². The van der Waals surface area contributed by atoms with E-state index < -0.39 is 5.60 Å². The number of fused-ring (bicyclic) bond motifs is 1. The Morgan fingerprint density at radius 3 is 2.45 bits per heavy atom. The number of amides is 1. The summed E-state index contributed by atoms with van der Waals surface area (Å²) in [7, 11) is 3.68. The Labute approximate surface area is 267 Å². The zero-order chi connectivity index (χ0) is 31.4. The third kappa shape index (κ3) is 7.77. The number of carbonyl (C=O) groups excluding carboxylic acids is 1. The quantitative estimate of drug-likeness (QED) is 0.165. The summed E-state index contributed by atoms with van der Waals surface area (Å²) in [5, 5.41) is 1.77. The predicted octanol–water partition coefficient (Wildman–Crippen LogP) is 7.34. The van der Waals surface area contributed by atoms with Crippen molar-refractivity contribution in [1.82, 2.24) is 19.9 Å². The van der Waals surface area contributed by atoms with E-state index in [9.17, 15) is 4.79 Å². The molecule has 3 aromatic heterocycles. The van der Waals surface area contributed by atoms with Crippen LogP contribution in [-0.2, 0) is 9.47 Å². The van der Waals surface area contributed by atoms with Crippen LogP contribution in [0.3, 0.4) is 0 Å². The first-order valence-electron chi connectivity index (χ1n) is 14.8. The molecule has 0 unspecified atom stereocenters. The number of methoxy groups -OCH3 is 1. The fourth-order valence-corrected chi connectivity index (χ4v) is 6.96. The summed E-state index contributed by atoms with van der Waals surface area (Å²) >= 11 is 3.13. The van der Waals surface area contributed by atoms with Gasteiger partial charge in [-0.3, -0.25) is 0 Å². The van der Waals surface area contributed by atoms with Crippen LogP contribution in [0.1, 0.15) is 47.5 Å². The summed E-state index contributed by atoms with van der Waals surface area (Å²) in [4.78, 5) is 32.5. The summed E-state index contributed by atoms with van der Waals surface area (Å²) in [5.41, 5.74) is 2.36. The molecule has 1 fully saturated rings. The molecule has 0 spiro atoms. The van der Waals surface area contributed by atoms with Crippen molar-refractivity contribution in [2.75, 3.05) is 45.5 Å². The van der Waals surface area contributed by atoms with E-state index in [0.29, 0.717) is 43.3 Å². The van der Waals surface area contributed by atoms with Gasteiger partial charge in [0.1, 0.15) is 16.4 Å². The second-order valence-corrected chi connectivity index (χ2v) is 14.2. The van der Waals surface area contributed by atoms with Crippen molar-refractivity contribution in [3.05, 3.63) is 36.5 Å². The Morgan fingerprint density at radius 1 is 1.05 bits per heavy atom. The second-order valence-electron chi connectivity index (χ2n) is 12.3. The molecule has 1 aliphatic rings. The van der Waals surface area contributed by atoms with Crippen molar-refractivity contribution in [2.45, 2.75) is 59.1 Å². The van der Waals surface area contributed by atoms with Crippen LogP contribution in [0.15, 0.2) is 36.5 Å². The van der Waals surface area contributed by atoms with Crippen molar-refractivity contribution in [3.63, 3.8) is 0 Å². The Bertz CT molecular complexity index is 1540. The molecule has 1 amide bonds. The van der Waals surface area contributed by atoms with E-state index in [4.69, 9.17) is 28.9 Å². The lowest BCUT2D eigenvalue weighted by molar-refractivity contribution is 0.0205. The highest BCUT2D eigenvalue weighted by Gasteiger charge is 2.30. The number of thiazole rings is 2. The second kappa shape index (κ2) is 13.7. The number of carbonyl (C=O) groups is 1. The molecule has 4 heterocycles. The van der Waals surface area contributed by atoms with Gasteiger partial charge in [0.25, 0.3) is 0 Å². The Hall–Kier alpha value is -3.48. The average molecular weight is 640 g/mol. The largest absolute Gasteiger partial charge is 0.477 e. The highest BCUT2D eigenvalue weighted by atomic mass is 32.1. The van der Waals surface area contributed by atoms with E-state index in [1.165, 1.54) is 0 Å². The average Bonchev–Trinajstić information content (AvgIpc) is 3.58. The van der Waals surface area contributed by atoms with Crippen LogP contribution in [0, 0.1) is 5.92 Å². The highest BCUT2D eigenvalue weighted by molar-refractivity contribution is 7.29. The Morgan fingerprint density at radius 2 is 1.77 bits per heavy atom. The molecule has 0 saturated carbocycles. The smallest absolute Gasteiger partial charge is 0.410 e. The Balaban J connectivity index is 1.31. The summed E-state index contributed by atoms with van der Waals surface area (Å²) in [5.74, 6) is 1.69. The first-order valence-corrected chi connectivity index (χ1v) is 16.5. The van der Waals surface area contributed by atoms with Crippen molar-refractivity contribution in [2.24, 2.45) is 5.92 Å². The number of benzene rings is 1. The predicted molar refractivity (Wildman–Crippen MR) is 176 cm³/mol. The van der Waals surface area contributed by atoms with E-state index in [0.717, 1.165) is 49.3 Å². The summed E-state index contributed by atoms with van der Waals surface area (Å²) in [6.07, 6.45) is 3.23. The molecule has 0 atom stereocenters. The van der Waals surface area contributed by atoms with Gasteiger partial charge in [-0.05, 0) is 68.9 Å². The normalized spacial score (nSPS) is 14.3. The standard InChI is InChI=1S/C32H41N5O5S2/c1-20(2)18-40-26-17-22(10-13-33-26)21-8-9-24(25(16-21)41-19-39-7)27-34-28-29(43-27)35-30(44-28)36(6)23-11-14-37(15-12-23)31(38)42-32(3,4)5/h8-10,13,16-17,20,23H,11-12,14-15,18-19H2,1-7H3. The summed E-state index contributed by atoms with van der Waals surface area (Å²) in [6, 6.07) is 10.3. The van der Waals surface area contributed by atoms with Gasteiger partial charge in [-0.1, -0.05) is 42.6 Å². The number of aromatic nitrogens is 3. The van der Waals surface area contributed by atoms with E-state index in [2.05, 4.69) is 36.8 Å². The minimum atomic E-state index is -0.492. The maximum Gasteiger partial charge on any atom is 0.410 e. The molecule has 236 valence electrons. The first-order chi connectivity index (χ1) is 21.0. The number of ether oxygens (including phenoxy) is 4. The number of nitrogens with zero attached hydrogens (tertiary/aromatic N) is 5. The molecule has 0 aliphatic carbocycles. The van der Waals surface area contributed by atoms with Crippen molar-refractivity contribution in [3.8, 4) is 33.3 Å². The third-order valence-electron chi connectivity index (χ3n) is 7.11. The molecule has 44 heavy (non-hydrogen) atoms. The lowest BCUT2D eigenvalue weighted by Gasteiger charge is -2.37. The molecular formula is C32H41N5O5S2. The van der Waals surface area contributed by atoms with E-state index >= 15 is 0 Å². The molecular weight excluding hydrogens is 599 g/mol. The van der Waals surface area contributed by atoms with Gasteiger partial charge in [0.15, 0.2) is 21.6 Å². The Kier molecular flexibility index (Phi) is 9.91. The lowest BCUT2D eigenvalue weighted by Crippen LogP contribution is -2.47. The number of likely N-dealkylation sites (tertiary alicyclic amines) is 1. The van der Waals surface area contributed by atoms with E-state index in [1.807, 2.05) is 45.0 Å². The molecule has 0 radical (unpaired) electrons. The number of piperidine rings is 1. The molecule has 10 nitrogen and oxygen atoms in total. The zero-order valence-corrected chi connectivity index (χ0v) is 28.1. The van der Waals surface area contributed by atoms with Gasteiger partial charge in [-0.2, -0.15) is 0 Å². The fourth-order valence-electron chi connectivity index (χ4n) is 4.86. The van der Waals surface area contributed by atoms with Gasteiger partial charge >= 0.3 is 6.09 Å². The van der Waals surface area contributed by atoms with Crippen LogP contribution in [0.2, 0.25) is 0 Å². The zero-order valence-electron chi connectivity index (χ0n) is 26.5. The molecule has 1 aromatic carbocycles. The van der Waals surface area contributed by atoms with Gasteiger partial charge in [-0.15, -0.1) is 0 Å². The van der Waals surface area contributed by atoms with Gasteiger partial charge in [0.2, 0.25) is 5.88 Å². The van der Waals surface area contributed by atoms with Gasteiger partial charge in [0.05, 0.1) is 12.2 Å².